The predicted octanol–water partition coefficient (Wildman–Crippen LogP) is 3.50. The molecule has 4 aromatic rings. The largest absolute Gasteiger partial charge is 0.364 e. The summed E-state index contributed by atoms with van der Waals surface area (Å²) in [5.74, 6) is -0.263. The van der Waals surface area contributed by atoms with Gasteiger partial charge < -0.3 is 15.2 Å². The van der Waals surface area contributed by atoms with E-state index in [0.717, 1.165) is 24.3 Å². The Morgan fingerprint density at radius 1 is 1.09 bits per heavy atom. The zero-order chi connectivity index (χ0) is 23.1. The number of anilines is 3. The summed E-state index contributed by atoms with van der Waals surface area (Å²) in [7, 11) is 2.11. The topological polar surface area (TPSA) is 81.6 Å². The van der Waals surface area contributed by atoms with Crippen molar-refractivity contribution < 1.29 is 4.39 Å². The number of nitrogens with zero attached hydrogens (tertiary/aromatic N) is 5. The molecule has 9 heteroatoms. The van der Waals surface area contributed by atoms with Gasteiger partial charge in [-0.1, -0.05) is 0 Å². The van der Waals surface area contributed by atoms with Crippen LogP contribution < -0.4 is 15.8 Å². The van der Waals surface area contributed by atoms with Crippen LogP contribution >= 0.6 is 0 Å². The number of pyridine rings is 2. The standard InChI is InChI=1S/C24H26FN7O/c1-15-13-31(16(2)12-30(15)3)22-6-4-18(11-19(22)25)29-20-5-7-21(32-24(20)27-14-28-32)17-8-9-26-23(33)10-17/h4-11,14-16,29H,12-13H2,1-3H3,(H,26,33)/t15-,16+/m1/s1. The Morgan fingerprint density at radius 2 is 1.94 bits per heavy atom. The molecule has 1 aliphatic rings. The molecule has 1 saturated heterocycles. The molecule has 0 bridgehead atoms. The summed E-state index contributed by atoms with van der Waals surface area (Å²) in [5, 5.41) is 7.57. The summed E-state index contributed by atoms with van der Waals surface area (Å²) in [4.78, 5) is 23.1. The molecule has 0 aliphatic carbocycles. The van der Waals surface area contributed by atoms with E-state index in [4.69, 9.17) is 0 Å². The highest BCUT2D eigenvalue weighted by Crippen LogP contribution is 2.30. The number of benzene rings is 1. The molecular weight excluding hydrogens is 421 g/mol. The fourth-order valence-corrected chi connectivity index (χ4v) is 4.44. The third kappa shape index (κ3) is 3.95. The van der Waals surface area contributed by atoms with E-state index in [-0.39, 0.29) is 17.4 Å². The first-order valence-corrected chi connectivity index (χ1v) is 11.0. The van der Waals surface area contributed by atoms with Crippen molar-refractivity contribution in [3.05, 3.63) is 71.2 Å². The molecule has 1 aliphatic heterocycles. The van der Waals surface area contributed by atoms with Crippen molar-refractivity contribution in [2.45, 2.75) is 25.9 Å². The lowest BCUT2D eigenvalue weighted by molar-refractivity contribution is 0.205. The molecule has 8 nitrogen and oxygen atoms in total. The highest BCUT2D eigenvalue weighted by molar-refractivity contribution is 5.77. The van der Waals surface area contributed by atoms with Crippen molar-refractivity contribution in [2.24, 2.45) is 0 Å². The molecule has 3 aromatic heterocycles. The second kappa shape index (κ2) is 8.32. The highest BCUT2D eigenvalue weighted by atomic mass is 19.1. The van der Waals surface area contributed by atoms with Crippen molar-refractivity contribution in [2.75, 3.05) is 30.4 Å². The molecule has 1 aromatic carbocycles. The van der Waals surface area contributed by atoms with Gasteiger partial charge >= 0.3 is 0 Å². The summed E-state index contributed by atoms with van der Waals surface area (Å²) in [6.45, 7) is 5.96. The molecule has 0 amide bonds. The first-order chi connectivity index (χ1) is 15.9. The van der Waals surface area contributed by atoms with Gasteiger partial charge in [-0.15, -0.1) is 0 Å². The molecule has 1 fully saturated rings. The monoisotopic (exact) mass is 447 g/mol. The van der Waals surface area contributed by atoms with Gasteiger partial charge in [0, 0.05) is 48.7 Å². The maximum Gasteiger partial charge on any atom is 0.248 e. The SMILES string of the molecule is C[C@@H]1CN(c2ccc(Nc3ccc(-c4cc[nH]c(=O)c4)n4ncnc34)cc2F)[C@@H](C)CN1C. The number of halogens is 1. The van der Waals surface area contributed by atoms with Crippen LogP contribution in [0.1, 0.15) is 13.8 Å². The average molecular weight is 448 g/mol. The minimum absolute atomic E-state index is 0.192. The van der Waals surface area contributed by atoms with Gasteiger partial charge in [0.15, 0.2) is 5.65 Å². The number of fused-ring (bicyclic) bond motifs is 1. The van der Waals surface area contributed by atoms with Gasteiger partial charge in [-0.2, -0.15) is 5.10 Å². The van der Waals surface area contributed by atoms with Crippen LogP contribution in [0.15, 0.2) is 59.8 Å². The first-order valence-electron chi connectivity index (χ1n) is 11.0. The number of H-pyrrole nitrogens is 1. The number of likely N-dealkylation sites (N-methyl/N-ethyl adjacent to an activating group) is 1. The van der Waals surface area contributed by atoms with E-state index in [9.17, 15) is 4.79 Å². The lowest BCUT2D eigenvalue weighted by atomic mass is 10.1. The summed E-state index contributed by atoms with van der Waals surface area (Å²) < 4.78 is 16.8. The van der Waals surface area contributed by atoms with Crippen LogP contribution in [0.2, 0.25) is 0 Å². The van der Waals surface area contributed by atoms with Crippen molar-refractivity contribution in [1.29, 1.82) is 0 Å². The number of hydrogen-bond donors (Lipinski definition) is 2. The Kier molecular flexibility index (Phi) is 5.33. The first kappa shape index (κ1) is 21.1. The van der Waals surface area contributed by atoms with Gasteiger partial charge in [-0.25, -0.2) is 13.9 Å². The van der Waals surface area contributed by atoms with Crippen molar-refractivity contribution in [1.82, 2.24) is 24.5 Å². The van der Waals surface area contributed by atoms with Gasteiger partial charge in [0.05, 0.1) is 17.1 Å². The molecule has 2 N–H and O–H groups in total. The van der Waals surface area contributed by atoms with Crippen LogP contribution in [0, 0.1) is 5.82 Å². The highest BCUT2D eigenvalue weighted by Gasteiger charge is 2.28. The van der Waals surface area contributed by atoms with E-state index in [1.807, 2.05) is 24.3 Å². The van der Waals surface area contributed by atoms with Gasteiger partial charge in [-0.05, 0) is 57.3 Å². The molecule has 33 heavy (non-hydrogen) atoms. The summed E-state index contributed by atoms with van der Waals surface area (Å²) >= 11 is 0. The van der Waals surface area contributed by atoms with Gasteiger partial charge in [-0.3, -0.25) is 9.69 Å². The Morgan fingerprint density at radius 3 is 2.73 bits per heavy atom. The lowest BCUT2D eigenvalue weighted by Crippen LogP contribution is -2.55. The van der Waals surface area contributed by atoms with Crippen LogP contribution in [0.5, 0.6) is 0 Å². The Balaban J connectivity index is 1.44. The van der Waals surface area contributed by atoms with E-state index in [2.05, 4.69) is 51.1 Å². The third-order valence-electron chi connectivity index (χ3n) is 6.33. The van der Waals surface area contributed by atoms with Crippen LogP contribution in [0.4, 0.5) is 21.5 Å². The fourth-order valence-electron chi connectivity index (χ4n) is 4.44. The molecule has 2 atom stereocenters. The second-order valence-corrected chi connectivity index (χ2v) is 8.65. The van der Waals surface area contributed by atoms with Gasteiger partial charge in [0.2, 0.25) is 5.56 Å². The summed E-state index contributed by atoms with van der Waals surface area (Å²) in [6.07, 6.45) is 3.05. The maximum absolute atomic E-state index is 15.2. The molecule has 170 valence electrons. The zero-order valence-electron chi connectivity index (χ0n) is 18.8. The number of rotatable bonds is 4. The maximum atomic E-state index is 15.2. The molecule has 0 saturated carbocycles. The third-order valence-corrected chi connectivity index (χ3v) is 6.33. The minimum atomic E-state index is -0.263. The van der Waals surface area contributed by atoms with Crippen molar-refractivity contribution >= 4 is 22.7 Å². The average Bonchev–Trinajstić information content (AvgIpc) is 3.27. The molecule has 0 spiro atoms. The Bertz CT molecular complexity index is 1360. The van der Waals surface area contributed by atoms with Crippen LogP contribution in [0.25, 0.3) is 16.9 Å². The number of piperazine rings is 1. The van der Waals surface area contributed by atoms with Crippen molar-refractivity contribution in [3.63, 3.8) is 0 Å². The lowest BCUT2D eigenvalue weighted by Gasteiger charge is -2.43. The number of hydrogen-bond acceptors (Lipinski definition) is 6. The van der Waals surface area contributed by atoms with Gasteiger partial charge in [0.25, 0.3) is 0 Å². The molecule has 0 unspecified atom stereocenters. The Hall–Kier alpha value is -3.72. The predicted molar refractivity (Wildman–Crippen MR) is 128 cm³/mol. The molecule has 0 radical (unpaired) electrons. The van der Waals surface area contributed by atoms with Crippen LogP contribution in [-0.4, -0.2) is 56.7 Å². The van der Waals surface area contributed by atoms with E-state index < -0.39 is 0 Å². The summed E-state index contributed by atoms with van der Waals surface area (Å²) in [6, 6.07) is 12.8. The van der Waals surface area contributed by atoms with E-state index >= 15 is 4.39 Å². The normalized spacial score (nSPS) is 19.2. The van der Waals surface area contributed by atoms with Crippen LogP contribution in [-0.2, 0) is 0 Å². The Labute approximate surface area is 190 Å². The number of aromatic nitrogens is 4. The molecular formula is C24H26FN7O. The van der Waals surface area contributed by atoms with E-state index in [0.29, 0.717) is 28.8 Å². The summed E-state index contributed by atoms with van der Waals surface area (Å²) in [5.41, 5.74) is 3.78. The number of nitrogens with one attached hydrogen (secondary N) is 2. The minimum Gasteiger partial charge on any atom is -0.364 e. The van der Waals surface area contributed by atoms with Crippen LogP contribution in [0.3, 0.4) is 0 Å². The quantitative estimate of drug-likeness (QED) is 0.498. The molecule has 5 rings (SSSR count). The van der Waals surface area contributed by atoms with E-state index in [1.54, 1.807) is 16.8 Å². The fraction of sp³-hybridized carbons (Fsp3) is 0.292. The van der Waals surface area contributed by atoms with E-state index in [1.165, 1.54) is 18.5 Å². The zero-order valence-corrected chi connectivity index (χ0v) is 18.8. The number of aromatic amines is 1. The smallest absolute Gasteiger partial charge is 0.248 e. The molecule has 4 heterocycles. The second-order valence-electron chi connectivity index (χ2n) is 8.65. The van der Waals surface area contributed by atoms with Gasteiger partial charge in [0.1, 0.15) is 12.1 Å². The van der Waals surface area contributed by atoms with Crippen molar-refractivity contribution in [3.8, 4) is 11.3 Å².